The van der Waals surface area contributed by atoms with Crippen molar-refractivity contribution in [3.8, 4) is 6.07 Å². The summed E-state index contributed by atoms with van der Waals surface area (Å²) in [4.78, 5) is 22.8. The van der Waals surface area contributed by atoms with Gasteiger partial charge in [-0.25, -0.2) is 0 Å². The highest BCUT2D eigenvalue weighted by Gasteiger charge is 2.14. The van der Waals surface area contributed by atoms with Crippen LogP contribution in [0.2, 0.25) is 0 Å². The van der Waals surface area contributed by atoms with E-state index in [1.165, 1.54) is 18.2 Å². The molecule has 1 aromatic heterocycles. The average Bonchev–Trinajstić information content (AvgIpc) is 2.66. The van der Waals surface area contributed by atoms with Crippen molar-refractivity contribution in [1.29, 1.82) is 5.26 Å². The van der Waals surface area contributed by atoms with E-state index in [1.807, 2.05) is 36.4 Å². The second kappa shape index (κ2) is 7.71. The standard InChI is InChI=1S/C18H13N7O2/c19-11-13(10-12-6-4-5-9-15(12)25(26)27)16-22-17(20)24-18(23-16)21-14-7-2-1-3-8-14/h1-10H,(H3,20,21,22,23,24)/b13-10+. The summed E-state index contributed by atoms with van der Waals surface area (Å²) in [5, 5.41) is 23.6. The van der Waals surface area contributed by atoms with Gasteiger partial charge in [0.25, 0.3) is 5.69 Å². The lowest BCUT2D eigenvalue weighted by Gasteiger charge is -2.07. The van der Waals surface area contributed by atoms with Gasteiger partial charge in [0.05, 0.1) is 16.1 Å². The van der Waals surface area contributed by atoms with E-state index < -0.39 is 4.92 Å². The zero-order chi connectivity index (χ0) is 19.2. The fourth-order valence-corrected chi connectivity index (χ4v) is 2.30. The molecule has 0 spiro atoms. The minimum absolute atomic E-state index is 0.0154. The summed E-state index contributed by atoms with van der Waals surface area (Å²) in [7, 11) is 0. The second-order valence-electron chi connectivity index (χ2n) is 5.32. The van der Waals surface area contributed by atoms with Crippen molar-refractivity contribution in [3.05, 3.63) is 76.1 Å². The fraction of sp³-hybridized carbons (Fsp3) is 0. The van der Waals surface area contributed by atoms with Crippen LogP contribution in [0.4, 0.5) is 23.3 Å². The predicted molar refractivity (Wildman–Crippen MR) is 101 cm³/mol. The van der Waals surface area contributed by atoms with Crippen LogP contribution in [0.1, 0.15) is 11.4 Å². The second-order valence-corrected chi connectivity index (χ2v) is 5.32. The number of nitro groups is 1. The lowest BCUT2D eigenvalue weighted by atomic mass is 10.1. The number of aromatic nitrogens is 3. The Bertz CT molecular complexity index is 1060. The number of nitrogens with one attached hydrogen (secondary N) is 1. The minimum Gasteiger partial charge on any atom is -0.368 e. The Morgan fingerprint density at radius 1 is 1.11 bits per heavy atom. The molecule has 0 bridgehead atoms. The highest BCUT2D eigenvalue weighted by Crippen LogP contribution is 2.24. The number of rotatable bonds is 5. The SMILES string of the molecule is N#C/C(=C\c1ccccc1[N+](=O)[O-])c1nc(N)nc(Nc2ccccc2)n1. The number of anilines is 3. The van der Waals surface area contributed by atoms with E-state index in [4.69, 9.17) is 5.73 Å². The van der Waals surface area contributed by atoms with E-state index in [0.717, 1.165) is 5.69 Å². The smallest absolute Gasteiger partial charge is 0.276 e. The Morgan fingerprint density at radius 2 is 1.81 bits per heavy atom. The van der Waals surface area contributed by atoms with Gasteiger partial charge in [0.1, 0.15) is 6.07 Å². The summed E-state index contributed by atoms with van der Waals surface area (Å²) in [5.41, 5.74) is 6.61. The Kier molecular flexibility index (Phi) is 5.00. The molecule has 0 saturated carbocycles. The van der Waals surface area contributed by atoms with Crippen LogP contribution in [0.5, 0.6) is 0 Å². The Hall–Kier alpha value is -4.32. The monoisotopic (exact) mass is 359 g/mol. The molecule has 3 aromatic rings. The van der Waals surface area contributed by atoms with Crippen LogP contribution in [0.3, 0.4) is 0 Å². The van der Waals surface area contributed by atoms with Crippen molar-refractivity contribution in [2.75, 3.05) is 11.1 Å². The van der Waals surface area contributed by atoms with Crippen LogP contribution in [-0.4, -0.2) is 19.9 Å². The van der Waals surface area contributed by atoms with Crippen LogP contribution in [-0.2, 0) is 0 Å². The molecule has 0 aliphatic carbocycles. The third-order valence-corrected chi connectivity index (χ3v) is 3.48. The van der Waals surface area contributed by atoms with Crippen LogP contribution >= 0.6 is 0 Å². The molecule has 27 heavy (non-hydrogen) atoms. The summed E-state index contributed by atoms with van der Waals surface area (Å²) >= 11 is 0. The zero-order valence-electron chi connectivity index (χ0n) is 13.9. The first-order valence-electron chi connectivity index (χ1n) is 7.76. The van der Waals surface area contributed by atoms with Gasteiger partial charge in [-0.2, -0.15) is 20.2 Å². The van der Waals surface area contributed by atoms with Gasteiger partial charge in [0, 0.05) is 11.8 Å². The van der Waals surface area contributed by atoms with E-state index >= 15 is 0 Å². The van der Waals surface area contributed by atoms with Crippen LogP contribution in [0.15, 0.2) is 54.6 Å². The fourth-order valence-electron chi connectivity index (χ4n) is 2.30. The molecular weight excluding hydrogens is 346 g/mol. The van der Waals surface area contributed by atoms with Crippen LogP contribution in [0, 0.1) is 21.4 Å². The largest absolute Gasteiger partial charge is 0.368 e. The molecule has 2 aromatic carbocycles. The van der Waals surface area contributed by atoms with Crippen molar-refractivity contribution in [2.45, 2.75) is 0 Å². The number of nitrogen functional groups attached to an aromatic ring is 1. The Labute approximate surface area is 154 Å². The summed E-state index contributed by atoms with van der Waals surface area (Å²) < 4.78 is 0. The Morgan fingerprint density at radius 3 is 2.52 bits per heavy atom. The molecule has 0 amide bonds. The molecule has 0 atom stereocenters. The van der Waals surface area contributed by atoms with Gasteiger partial charge in [0.15, 0.2) is 5.82 Å². The van der Waals surface area contributed by atoms with Gasteiger partial charge < -0.3 is 11.1 Å². The maximum absolute atomic E-state index is 11.2. The van der Waals surface area contributed by atoms with Crippen molar-refractivity contribution in [3.63, 3.8) is 0 Å². The topological polar surface area (TPSA) is 144 Å². The molecule has 3 rings (SSSR count). The zero-order valence-corrected chi connectivity index (χ0v) is 13.9. The van der Waals surface area contributed by atoms with Crippen LogP contribution in [0.25, 0.3) is 11.6 Å². The quantitative estimate of drug-likeness (QED) is 0.401. The number of hydrogen-bond donors (Lipinski definition) is 2. The third-order valence-electron chi connectivity index (χ3n) is 3.48. The summed E-state index contributed by atoms with van der Waals surface area (Å²) in [5.74, 6) is 0.0936. The highest BCUT2D eigenvalue weighted by atomic mass is 16.6. The Balaban J connectivity index is 2.01. The lowest BCUT2D eigenvalue weighted by molar-refractivity contribution is -0.385. The number of nitrogens with two attached hydrogens (primary N) is 1. The van der Waals surface area contributed by atoms with E-state index in [0.29, 0.717) is 0 Å². The molecule has 0 aliphatic rings. The van der Waals surface area contributed by atoms with Gasteiger partial charge in [-0.1, -0.05) is 30.3 Å². The molecule has 9 nitrogen and oxygen atoms in total. The van der Waals surface area contributed by atoms with Gasteiger partial charge in [-0.05, 0) is 24.3 Å². The van der Waals surface area contributed by atoms with Crippen molar-refractivity contribution < 1.29 is 4.92 Å². The predicted octanol–water partition coefficient (Wildman–Crippen LogP) is 3.17. The summed E-state index contributed by atoms with van der Waals surface area (Å²) in [6, 6.07) is 17.2. The van der Waals surface area contributed by atoms with E-state index in [1.54, 1.807) is 12.1 Å². The molecule has 0 fully saturated rings. The van der Waals surface area contributed by atoms with Crippen molar-refractivity contribution in [2.24, 2.45) is 0 Å². The van der Waals surface area contributed by atoms with Crippen LogP contribution < -0.4 is 11.1 Å². The van der Waals surface area contributed by atoms with E-state index in [-0.39, 0.29) is 34.5 Å². The van der Waals surface area contributed by atoms with Gasteiger partial charge in [-0.15, -0.1) is 0 Å². The van der Waals surface area contributed by atoms with Gasteiger partial charge in [-0.3, -0.25) is 10.1 Å². The summed E-state index contributed by atoms with van der Waals surface area (Å²) in [6.07, 6.45) is 1.35. The molecule has 0 radical (unpaired) electrons. The molecule has 1 heterocycles. The molecule has 9 heteroatoms. The normalized spacial score (nSPS) is 10.9. The first-order valence-corrected chi connectivity index (χ1v) is 7.76. The number of nitriles is 1. The molecular formula is C18H13N7O2. The number of benzene rings is 2. The minimum atomic E-state index is -0.523. The summed E-state index contributed by atoms with van der Waals surface area (Å²) in [6.45, 7) is 0. The average molecular weight is 359 g/mol. The number of para-hydroxylation sites is 2. The molecule has 132 valence electrons. The van der Waals surface area contributed by atoms with Gasteiger partial charge >= 0.3 is 0 Å². The van der Waals surface area contributed by atoms with Crippen molar-refractivity contribution in [1.82, 2.24) is 15.0 Å². The number of nitrogens with zero attached hydrogens (tertiary/aromatic N) is 5. The van der Waals surface area contributed by atoms with E-state index in [9.17, 15) is 15.4 Å². The first kappa shape index (κ1) is 17.5. The van der Waals surface area contributed by atoms with Gasteiger partial charge in [0.2, 0.25) is 11.9 Å². The molecule has 3 N–H and O–H groups in total. The van der Waals surface area contributed by atoms with Crippen molar-refractivity contribution >= 4 is 34.9 Å². The number of allylic oxidation sites excluding steroid dienone is 1. The maximum Gasteiger partial charge on any atom is 0.276 e. The molecule has 0 unspecified atom stereocenters. The molecule has 0 saturated heterocycles. The lowest BCUT2D eigenvalue weighted by Crippen LogP contribution is -2.06. The number of nitro benzene ring substituents is 1. The maximum atomic E-state index is 11.2. The highest BCUT2D eigenvalue weighted by molar-refractivity contribution is 5.89. The van der Waals surface area contributed by atoms with E-state index in [2.05, 4.69) is 20.3 Å². The number of hydrogen-bond acceptors (Lipinski definition) is 8. The molecule has 0 aliphatic heterocycles. The third kappa shape index (κ3) is 4.21. The first-order chi connectivity index (χ1) is 13.1.